The van der Waals surface area contributed by atoms with Gasteiger partial charge >= 0.3 is 0 Å². The number of nitrogens with one attached hydrogen (secondary N) is 1. The summed E-state index contributed by atoms with van der Waals surface area (Å²) in [5, 5.41) is 16.5. The SMILES string of the molecule is COc1ccc(-c2conc2-c2cc(OC)c(OC)c(OC)c2)cc1NC(=O)C(N)C(C)O. The number of aliphatic hydroxyl groups is 1. The molecule has 33 heavy (non-hydrogen) atoms. The predicted octanol–water partition coefficient (Wildman–Crippen LogP) is 2.69. The van der Waals surface area contributed by atoms with Crippen molar-refractivity contribution in [2.75, 3.05) is 33.8 Å². The highest BCUT2D eigenvalue weighted by Crippen LogP contribution is 2.43. The van der Waals surface area contributed by atoms with Gasteiger partial charge in [0, 0.05) is 11.1 Å². The summed E-state index contributed by atoms with van der Waals surface area (Å²) in [7, 11) is 6.07. The van der Waals surface area contributed by atoms with Crippen LogP contribution in [0.2, 0.25) is 0 Å². The highest BCUT2D eigenvalue weighted by Gasteiger charge is 2.22. The fourth-order valence-electron chi connectivity index (χ4n) is 3.28. The van der Waals surface area contributed by atoms with Crippen molar-refractivity contribution in [3.8, 4) is 45.4 Å². The second kappa shape index (κ2) is 10.2. The number of nitrogens with two attached hydrogens (primary N) is 1. The van der Waals surface area contributed by atoms with Crippen molar-refractivity contribution in [1.82, 2.24) is 5.16 Å². The molecule has 3 aromatic rings. The Balaban J connectivity index is 2.06. The average Bonchev–Trinajstić information content (AvgIpc) is 3.32. The number of carbonyl (C=O) groups is 1. The third kappa shape index (κ3) is 4.86. The van der Waals surface area contributed by atoms with Crippen molar-refractivity contribution < 1.29 is 33.4 Å². The van der Waals surface area contributed by atoms with E-state index in [2.05, 4.69) is 10.5 Å². The first-order valence-electron chi connectivity index (χ1n) is 10.0. The number of benzene rings is 2. The van der Waals surface area contributed by atoms with Crippen molar-refractivity contribution in [2.45, 2.75) is 19.1 Å². The van der Waals surface area contributed by atoms with Crippen LogP contribution in [-0.2, 0) is 4.79 Å². The molecule has 4 N–H and O–H groups in total. The van der Waals surface area contributed by atoms with E-state index in [0.717, 1.165) is 0 Å². The molecule has 0 aliphatic heterocycles. The second-order valence-corrected chi connectivity index (χ2v) is 7.16. The first-order chi connectivity index (χ1) is 15.8. The smallest absolute Gasteiger partial charge is 0.244 e. The number of nitrogens with zero attached hydrogens (tertiary/aromatic N) is 1. The summed E-state index contributed by atoms with van der Waals surface area (Å²) in [5.41, 5.74) is 8.68. The van der Waals surface area contributed by atoms with E-state index in [1.807, 2.05) is 0 Å². The van der Waals surface area contributed by atoms with Crippen molar-refractivity contribution in [3.05, 3.63) is 36.6 Å². The van der Waals surface area contributed by atoms with Gasteiger partial charge < -0.3 is 39.6 Å². The number of amides is 1. The van der Waals surface area contributed by atoms with E-state index in [9.17, 15) is 9.90 Å². The van der Waals surface area contributed by atoms with Crippen LogP contribution in [0.15, 0.2) is 41.1 Å². The third-order valence-corrected chi connectivity index (χ3v) is 5.10. The number of hydrogen-bond donors (Lipinski definition) is 3. The molecule has 10 heteroatoms. The molecule has 1 heterocycles. The van der Waals surface area contributed by atoms with Gasteiger partial charge in [-0.3, -0.25) is 4.79 Å². The summed E-state index contributed by atoms with van der Waals surface area (Å²) in [6.07, 6.45) is 0.483. The number of methoxy groups -OCH3 is 4. The molecule has 2 atom stereocenters. The molecule has 0 aliphatic rings. The van der Waals surface area contributed by atoms with E-state index in [-0.39, 0.29) is 0 Å². The summed E-state index contributed by atoms with van der Waals surface area (Å²) in [4.78, 5) is 12.4. The van der Waals surface area contributed by atoms with Crippen LogP contribution in [0.5, 0.6) is 23.0 Å². The van der Waals surface area contributed by atoms with Crippen LogP contribution in [0.25, 0.3) is 22.4 Å². The van der Waals surface area contributed by atoms with Gasteiger partial charge in [0.15, 0.2) is 11.5 Å². The molecule has 2 unspecified atom stereocenters. The average molecular weight is 457 g/mol. The van der Waals surface area contributed by atoms with Gasteiger partial charge in [-0.25, -0.2) is 0 Å². The minimum absolute atomic E-state index is 0.383. The summed E-state index contributed by atoms with van der Waals surface area (Å²) >= 11 is 0. The van der Waals surface area contributed by atoms with Gasteiger partial charge in [0.05, 0.1) is 40.2 Å². The van der Waals surface area contributed by atoms with E-state index in [1.165, 1.54) is 41.6 Å². The number of rotatable bonds is 9. The number of hydrogen-bond acceptors (Lipinski definition) is 9. The lowest BCUT2D eigenvalue weighted by Gasteiger charge is -2.17. The van der Waals surface area contributed by atoms with E-state index < -0.39 is 18.1 Å². The van der Waals surface area contributed by atoms with Crippen LogP contribution >= 0.6 is 0 Å². The predicted molar refractivity (Wildman–Crippen MR) is 122 cm³/mol. The minimum atomic E-state index is -1.09. The zero-order chi connectivity index (χ0) is 24.1. The van der Waals surface area contributed by atoms with Crippen LogP contribution in [-0.4, -0.2) is 56.8 Å². The van der Waals surface area contributed by atoms with E-state index >= 15 is 0 Å². The summed E-state index contributed by atoms with van der Waals surface area (Å²) in [6.45, 7) is 1.44. The summed E-state index contributed by atoms with van der Waals surface area (Å²) in [5.74, 6) is 1.27. The molecule has 3 rings (SSSR count). The largest absolute Gasteiger partial charge is 0.495 e. The van der Waals surface area contributed by atoms with Gasteiger partial charge in [0.25, 0.3) is 0 Å². The third-order valence-electron chi connectivity index (χ3n) is 5.10. The van der Waals surface area contributed by atoms with Crippen LogP contribution in [0.1, 0.15) is 6.92 Å². The first-order valence-corrected chi connectivity index (χ1v) is 10.0. The van der Waals surface area contributed by atoms with Gasteiger partial charge in [0.1, 0.15) is 23.7 Å². The molecule has 10 nitrogen and oxygen atoms in total. The lowest BCUT2D eigenvalue weighted by atomic mass is 10.00. The van der Waals surface area contributed by atoms with Crippen LogP contribution in [0, 0.1) is 0 Å². The monoisotopic (exact) mass is 457 g/mol. The van der Waals surface area contributed by atoms with E-state index in [4.69, 9.17) is 29.2 Å². The number of aromatic nitrogens is 1. The normalized spacial score (nSPS) is 12.6. The summed E-state index contributed by atoms with van der Waals surface area (Å²) < 4.78 is 26.9. The molecule has 0 spiro atoms. The van der Waals surface area contributed by atoms with Crippen molar-refractivity contribution >= 4 is 11.6 Å². The Kier molecular flexibility index (Phi) is 7.41. The van der Waals surface area contributed by atoms with Gasteiger partial charge in [-0.2, -0.15) is 0 Å². The molecular weight excluding hydrogens is 430 g/mol. The van der Waals surface area contributed by atoms with Crippen LogP contribution in [0.3, 0.4) is 0 Å². The van der Waals surface area contributed by atoms with Crippen LogP contribution < -0.4 is 30.0 Å². The minimum Gasteiger partial charge on any atom is -0.495 e. The first kappa shape index (κ1) is 23.9. The van der Waals surface area contributed by atoms with E-state index in [1.54, 1.807) is 30.3 Å². The van der Waals surface area contributed by atoms with Gasteiger partial charge in [-0.05, 0) is 36.8 Å². The van der Waals surface area contributed by atoms with Gasteiger partial charge in [-0.15, -0.1) is 0 Å². The molecular formula is C23H27N3O7. The molecule has 176 valence electrons. The molecule has 1 amide bonds. The topological polar surface area (TPSA) is 138 Å². The molecule has 0 saturated heterocycles. The highest BCUT2D eigenvalue weighted by molar-refractivity contribution is 5.97. The fourth-order valence-corrected chi connectivity index (χ4v) is 3.28. The van der Waals surface area contributed by atoms with Crippen molar-refractivity contribution in [2.24, 2.45) is 5.73 Å². The number of aliphatic hydroxyl groups excluding tert-OH is 1. The zero-order valence-electron chi connectivity index (χ0n) is 19.0. The maximum atomic E-state index is 12.4. The Morgan fingerprint density at radius 2 is 1.64 bits per heavy atom. The number of ether oxygens (including phenoxy) is 4. The van der Waals surface area contributed by atoms with Crippen molar-refractivity contribution in [3.63, 3.8) is 0 Å². The Morgan fingerprint density at radius 1 is 1.00 bits per heavy atom. The van der Waals surface area contributed by atoms with E-state index in [0.29, 0.717) is 51.1 Å². The Morgan fingerprint density at radius 3 is 2.18 bits per heavy atom. The van der Waals surface area contributed by atoms with Gasteiger partial charge in [-0.1, -0.05) is 11.2 Å². The standard InChI is InChI=1S/C23H27N3O7/c1-12(27)20(24)23(28)25-16-8-13(6-7-17(16)29-2)15-11-33-26-21(15)14-9-18(30-3)22(32-5)19(10-14)31-4/h6-12,20,27H,24H2,1-5H3,(H,25,28). The molecule has 1 aromatic heterocycles. The number of carbonyl (C=O) groups excluding carboxylic acids is 1. The van der Waals surface area contributed by atoms with Gasteiger partial charge in [0.2, 0.25) is 11.7 Å². The molecule has 0 aliphatic carbocycles. The Hall–Kier alpha value is -3.76. The highest BCUT2D eigenvalue weighted by atomic mass is 16.5. The lowest BCUT2D eigenvalue weighted by molar-refractivity contribution is -0.119. The molecule has 0 saturated carbocycles. The fraction of sp³-hybridized carbons (Fsp3) is 0.304. The van der Waals surface area contributed by atoms with Crippen LogP contribution in [0.4, 0.5) is 5.69 Å². The van der Waals surface area contributed by atoms with Crippen molar-refractivity contribution in [1.29, 1.82) is 0 Å². The Bertz CT molecular complexity index is 1100. The maximum Gasteiger partial charge on any atom is 0.244 e. The molecule has 0 bridgehead atoms. The Labute approximate surface area is 191 Å². The maximum absolute atomic E-state index is 12.4. The lowest BCUT2D eigenvalue weighted by Crippen LogP contribution is -2.43. The quantitative estimate of drug-likeness (QED) is 0.443. The molecule has 0 radical (unpaired) electrons. The molecule has 0 fully saturated rings. The summed E-state index contributed by atoms with van der Waals surface area (Å²) in [6, 6.07) is 7.64. The second-order valence-electron chi connectivity index (χ2n) is 7.16. The zero-order valence-corrected chi connectivity index (χ0v) is 19.0. The molecule has 2 aromatic carbocycles. The number of anilines is 1.